The van der Waals surface area contributed by atoms with Gasteiger partial charge < -0.3 is 14.7 Å². The highest BCUT2D eigenvalue weighted by Crippen LogP contribution is 2.38. The van der Waals surface area contributed by atoms with Crippen LogP contribution in [-0.2, 0) is 14.3 Å². The van der Waals surface area contributed by atoms with Crippen molar-refractivity contribution in [2.24, 2.45) is 0 Å². The van der Waals surface area contributed by atoms with Crippen molar-refractivity contribution in [3.63, 3.8) is 0 Å². The lowest BCUT2D eigenvalue weighted by atomic mass is 9.96. The number of carbonyl (C=O) groups excluding carboxylic acids is 2. The average molecular weight is 393 g/mol. The van der Waals surface area contributed by atoms with Gasteiger partial charge in [0.05, 0.1) is 24.8 Å². The van der Waals surface area contributed by atoms with Crippen LogP contribution in [0.4, 0.5) is 0 Å². The molecule has 0 spiro atoms. The normalized spacial score (nSPS) is 22.2. The number of hydrogen-bond donors (Lipinski definition) is 1. The number of pyridine rings is 1. The maximum atomic E-state index is 12.9. The Kier molecular flexibility index (Phi) is 5.69. The smallest absolute Gasteiger partial charge is 0.295 e. The molecule has 0 aliphatic carbocycles. The van der Waals surface area contributed by atoms with Crippen molar-refractivity contribution in [1.29, 1.82) is 0 Å². The molecule has 150 valence electrons. The zero-order valence-corrected chi connectivity index (χ0v) is 16.0. The van der Waals surface area contributed by atoms with E-state index in [1.165, 1.54) is 0 Å². The lowest BCUT2D eigenvalue weighted by molar-refractivity contribution is -0.140. The molecular formula is C22H23N3O4. The first-order chi connectivity index (χ1) is 14.2. The van der Waals surface area contributed by atoms with Crippen LogP contribution < -0.4 is 0 Å². The summed E-state index contributed by atoms with van der Waals surface area (Å²) in [6.07, 6.45) is 3.27. The summed E-state index contributed by atoms with van der Waals surface area (Å²) in [5.74, 6) is -1.42. The van der Waals surface area contributed by atoms with E-state index in [1.807, 2.05) is 12.1 Å². The summed E-state index contributed by atoms with van der Waals surface area (Å²) in [5, 5.41) is 10.9. The monoisotopic (exact) mass is 393 g/mol. The Balaban J connectivity index is 1.70. The van der Waals surface area contributed by atoms with E-state index in [4.69, 9.17) is 4.74 Å². The topological polar surface area (TPSA) is 83.0 Å². The predicted molar refractivity (Wildman–Crippen MR) is 107 cm³/mol. The number of hydrogen-bond acceptors (Lipinski definition) is 6. The van der Waals surface area contributed by atoms with Gasteiger partial charge in [-0.1, -0.05) is 36.4 Å². The van der Waals surface area contributed by atoms with Crippen molar-refractivity contribution in [2.75, 3.05) is 39.4 Å². The van der Waals surface area contributed by atoms with E-state index in [2.05, 4.69) is 9.88 Å². The molecular weight excluding hydrogens is 370 g/mol. The Morgan fingerprint density at radius 3 is 2.52 bits per heavy atom. The minimum Gasteiger partial charge on any atom is -0.507 e. The quantitative estimate of drug-likeness (QED) is 0.474. The predicted octanol–water partition coefficient (Wildman–Crippen LogP) is 1.84. The number of nitrogens with zero attached hydrogens (tertiary/aromatic N) is 3. The molecule has 0 unspecified atom stereocenters. The van der Waals surface area contributed by atoms with Gasteiger partial charge in [-0.2, -0.15) is 0 Å². The molecule has 0 bridgehead atoms. The number of ether oxygens (including phenoxy) is 1. The van der Waals surface area contributed by atoms with E-state index < -0.39 is 17.7 Å². The fraction of sp³-hybridized carbons (Fsp3) is 0.318. The molecule has 4 rings (SSSR count). The maximum absolute atomic E-state index is 12.9. The molecule has 0 saturated carbocycles. The van der Waals surface area contributed by atoms with Gasteiger partial charge in [0.25, 0.3) is 11.7 Å². The van der Waals surface area contributed by atoms with Crippen LogP contribution in [0.15, 0.2) is 60.4 Å². The molecule has 1 N–H and O–H groups in total. The molecule has 7 nitrogen and oxygen atoms in total. The Morgan fingerprint density at radius 1 is 1.07 bits per heavy atom. The number of rotatable bonds is 5. The van der Waals surface area contributed by atoms with Crippen molar-refractivity contribution in [3.05, 3.63) is 71.6 Å². The molecule has 1 atom stereocenters. The van der Waals surface area contributed by atoms with Crippen LogP contribution >= 0.6 is 0 Å². The fourth-order valence-corrected chi connectivity index (χ4v) is 3.82. The molecule has 2 aromatic rings. The second kappa shape index (κ2) is 8.55. The van der Waals surface area contributed by atoms with E-state index in [9.17, 15) is 14.7 Å². The first-order valence-electron chi connectivity index (χ1n) is 9.70. The zero-order chi connectivity index (χ0) is 20.2. The van der Waals surface area contributed by atoms with Gasteiger partial charge in [-0.25, -0.2) is 0 Å². The van der Waals surface area contributed by atoms with E-state index in [1.54, 1.807) is 47.6 Å². The molecule has 29 heavy (non-hydrogen) atoms. The fourth-order valence-electron chi connectivity index (χ4n) is 3.82. The maximum Gasteiger partial charge on any atom is 0.295 e. The summed E-state index contributed by atoms with van der Waals surface area (Å²) in [4.78, 5) is 33.7. The second-order valence-electron chi connectivity index (χ2n) is 7.10. The number of aromatic nitrogens is 1. The Hall–Kier alpha value is -3.03. The highest BCUT2D eigenvalue weighted by molar-refractivity contribution is 6.46. The highest BCUT2D eigenvalue weighted by atomic mass is 16.5. The van der Waals surface area contributed by atoms with Crippen molar-refractivity contribution >= 4 is 17.4 Å². The molecule has 7 heteroatoms. The summed E-state index contributed by atoms with van der Waals surface area (Å²) in [6.45, 7) is 3.95. The Labute approximate surface area is 169 Å². The standard InChI is InChI=1S/C22H23N3O4/c26-20(16-5-2-1-3-6-16)18-19(17-7-4-8-23-15-17)25(22(28)21(18)27)10-9-24-11-13-29-14-12-24/h1-8,15,19,26H,9-14H2/b20-18+/t19-/m0/s1. The third-order valence-corrected chi connectivity index (χ3v) is 5.35. The molecule has 1 aromatic heterocycles. The summed E-state index contributed by atoms with van der Waals surface area (Å²) in [5.41, 5.74) is 1.31. The molecule has 1 aromatic carbocycles. The Bertz CT molecular complexity index is 908. The molecule has 2 aliphatic heterocycles. The van der Waals surface area contributed by atoms with Gasteiger partial charge in [0.15, 0.2) is 0 Å². The van der Waals surface area contributed by atoms with Crippen molar-refractivity contribution in [1.82, 2.24) is 14.8 Å². The average Bonchev–Trinajstić information content (AvgIpc) is 3.04. The van der Waals surface area contributed by atoms with Crippen LogP contribution in [0.3, 0.4) is 0 Å². The highest BCUT2D eigenvalue weighted by Gasteiger charge is 2.46. The SMILES string of the molecule is O=C1C(=O)N(CCN2CCOCC2)[C@@H](c2cccnc2)/C1=C(\O)c1ccccc1. The van der Waals surface area contributed by atoms with E-state index >= 15 is 0 Å². The zero-order valence-electron chi connectivity index (χ0n) is 16.0. The minimum absolute atomic E-state index is 0.108. The van der Waals surface area contributed by atoms with Crippen LogP contribution in [0.2, 0.25) is 0 Å². The van der Waals surface area contributed by atoms with Gasteiger partial charge in [0.2, 0.25) is 0 Å². The van der Waals surface area contributed by atoms with E-state index in [0.717, 1.165) is 13.1 Å². The van der Waals surface area contributed by atoms with Gasteiger partial charge in [-0.05, 0) is 11.6 Å². The summed E-state index contributed by atoms with van der Waals surface area (Å²) in [6, 6.07) is 11.8. The third kappa shape index (κ3) is 3.92. The molecule has 1 amide bonds. The second-order valence-corrected chi connectivity index (χ2v) is 7.10. The van der Waals surface area contributed by atoms with Crippen molar-refractivity contribution in [2.45, 2.75) is 6.04 Å². The number of aliphatic hydroxyl groups excluding tert-OH is 1. The summed E-state index contributed by atoms with van der Waals surface area (Å²) >= 11 is 0. The van der Waals surface area contributed by atoms with Crippen LogP contribution in [0.1, 0.15) is 17.2 Å². The lowest BCUT2D eigenvalue weighted by Gasteiger charge is -2.30. The van der Waals surface area contributed by atoms with Crippen molar-refractivity contribution < 1.29 is 19.4 Å². The lowest BCUT2D eigenvalue weighted by Crippen LogP contribution is -2.42. The molecule has 2 saturated heterocycles. The van der Waals surface area contributed by atoms with Crippen LogP contribution in [-0.4, -0.2) is 71.0 Å². The van der Waals surface area contributed by atoms with Crippen molar-refractivity contribution in [3.8, 4) is 0 Å². The van der Waals surface area contributed by atoms with Crippen LogP contribution in [0, 0.1) is 0 Å². The number of ketones is 1. The number of morpholine rings is 1. The number of likely N-dealkylation sites (tertiary alicyclic amines) is 1. The largest absolute Gasteiger partial charge is 0.507 e. The van der Waals surface area contributed by atoms with E-state index in [-0.39, 0.29) is 11.3 Å². The molecule has 2 aliphatic rings. The van der Waals surface area contributed by atoms with Crippen LogP contribution in [0.25, 0.3) is 5.76 Å². The number of Topliss-reactive ketones (excluding diaryl/α,β-unsaturated/α-hetero) is 1. The first kappa shape index (κ1) is 19.3. The van der Waals surface area contributed by atoms with Crippen LogP contribution in [0.5, 0.6) is 0 Å². The summed E-state index contributed by atoms with van der Waals surface area (Å²) in [7, 11) is 0. The van der Waals surface area contributed by atoms with Gasteiger partial charge in [-0.15, -0.1) is 0 Å². The number of amides is 1. The Morgan fingerprint density at radius 2 is 1.83 bits per heavy atom. The third-order valence-electron chi connectivity index (χ3n) is 5.35. The summed E-state index contributed by atoms with van der Waals surface area (Å²) < 4.78 is 5.37. The molecule has 2 fully saturated rings. The first-order valence-corrected chi connectivity index (χ1v) is 9.70. The number of aliphatic hydroxyl groups is 1. The number of benzene rings is 1. The van der Waals surface area contributed by atoms with Gasteiger partial charge in [0, 0.05) is 44.1 Å². The van der Waals surface area contributed by atoms with Gasteiger partial charge in [0.1, 0.15) is 5.76 Å². The molecule has 3 heterocycles. The van der Waals surface area contributed by atoms with Gasteiger partial charge >= 0.3 is 0 Å². The molecule has 0 radical (unpaired) electrons. The van der Waals surface area contributed by atoms with Gasteiger partial charge in [-0.3, -0.25) is 19.5 Å². The minimum atomic E-state index is -0.665. The van der Waals surface area contributed by atoms with E-state index in [0.29, 0.717) is 37.4 Å². The number of carbonyl (C=O) groups is 2.